The molecule has 178 valence electrons. The molecule has 1 aliphatic rings. The molecule has 1 fully saturated rings. The zero-order valence-electron chi connectivity index (χ0n) is 19.5. The minimum Gasteiger partial charge on any atom is -0.493 e. The summed E-state index contributed by atoms with van der Waals surface area (Å²) in [4.78, 5) is 7.22. The number of halogens is 1. The van der Waals surface area contributed by atoms with Crippen LogP contribution in [0, 0.1) is 5.92 Å². The van der Waals surface area contributed by atoms with Crippen molar-refractivity contribution in [2.75, 3.05) is 67.8 Å². The first-order valence-corrected chi connectivity index (χ1v) is 10.7. The maximum absolute atomic E-state index is 5.44. The van der Waals surface area contributed by atoms with Crippen molar-refractivity contribution in [2.45, 2.75) is 26.3 Å². The Morgan fingerprint density at radius 1 is 1.03 bits per heavy atom. The monoisotopic (exact) mass is 550 g/mol. The molecule has 9 heteroatoms. The maximum atomic E-state index is 5.44. The number of ether oxygens (including phenoxy) is 4. The zero-order chi connectivity index (χ0) is 21.8. The SMILES string of the molecule is CCNC(=NCc1cc(OC)c(OC)c(OC)c1)NCC1CCN(CCOC)CC1.I. The van der Waals surface area contributed by atoms with Crippen molar-refractivity contribution < 1.29 is 18.9 Å². The van der Waals surface area contributed by atoms with Gasteiger partial charge >= 0.3 is 0 Å². The predicted octanol–water partition coefficient (Wildman–Crippen LogP) is 2.74. The number of rotatable bonds is 11. The van der Waals surface area contributed by atoms with Crippen molar-refractivity contribution in [3.63, 3.8) is 0 Å². The minimum absolute atomic E-state index is 0. The number of guanidine groups is 1. The molecule has 0 atom stereocenters. The average molecular weight is 550 g/mol. The summed E-state index contributed by atoms with van der Waals surface area (Å²) in [5.41, 5.74) is 0.994. The zero-order valence-corrected chi connectivity index (χ0v) is 21.9. The summed E-state index contributed by atoms with van der Waals surface area (Å²) in [5, 5.41) is 6.84. The van der Waals surface area contributed by atoms with E-state index in [0.29, 0.717) is 29.7 Å². The molecule has 0 aromatic heterocycles. The van der Waals surface area contributed by atoms with Crippen LogP contribution in [-0.4, -0.2) is 78.6 Å². The Morgan fingerprint density at radius 2 is 1.68 bits per heavy atom. The van der Waals surface area contributed by atoms with Crippen LogP contribution in [0.25, 0.3) is 0 Å². The fourth-order valence-corrected chi connectivity index (χ4v) is 3.61. The number of aliphatic imine (C=N–C) groups is 1. The van der Waals surface area contributed by atoms with Gasteiger partial charge in [-0.05, 0) is 56.5 Å². The third kappa shape index (κ3) is 8.89. The van der Waals surface area contributed by atoms with E-state index in [9.17, 15) is 0 Å². The quantitative estimate of drug-likeness (QED) is 0.249. The largest absolute Gasteiger partial charge is 0.493 e. The number of benzene rings is 1. The van der Waals surface area contributed by atoms with Crippen LogP contribution < -0.4 is 24.8 Å². The van der Waals surface area contributed by atoms with E-state index in [2.05, 4.69) is 22.5 Å². The van der Waals surface area contributed by atoms with Crippen LogP contribution in [0.15, 0.2) is 17.1 Å². The standard InChI is InChI=1S/C22H38N4O4.HI/c1-6-23-22(24-15-17-7-9-26(10-8-17)11-12-27-2)25-16-18-13-19(28-3)21(30-5)20(14-18)29-4;/h13-14,17H,6-12,15-16H2,1-5H3,(H2,23,24,25);1H. The van der Waals surface area contributed by atoms with Gasteiger partial charge in [0.25, 0.3) is 0 Å². The van der Waals surface area contributed by atoms with Gasteiger partial charge in [0.15, 0.2) is 17.5 Å². The van der Waals surface area contributed by atoms with E-state index in [1.165, 1.54) is 12.8 Å². The van der Waals surface area contributed by atoms with E-state index in [1.54, 1.807) is 28.4 Å². The van der Waals surface area contributed by atoms with Crippen LogP contribution >= 0.6 is 24.0 Å². The van der Waals surface area contributed by atoms with Gasteiger partial charge in [-0.25, -0.2) is 4.99 Å². The first kappa shape index (κ1) is 27.6. The number of likely N-dealkylation sites (tertiary alicyclic amines) is 1. The van der Waals surface area contributed by atoms with Gasteiger partial charge < -0.3 is 34.5 Å². The number of methoxy groups -OCH3 is 4. The highest BCUT2D eigenvalue weighted by Crippen LogP contribution is 2.38. The number of piperidine rings is 1. The summed E-state index contributed by atoms with van der Waals surface area (Å²) in [5.74, 6) is 3.36. The lowest BCUT2D eigenvalue weighted by molar-refractivity contribution is 0.121. The first-order chi connectivity index (χ1) is 14.6. The summed E-state index contributed by atoms with van der Waals surface area (Å²) in [6.07, 6.45) is 2.39. The van der Waals surface area contributed by atoms with Gasteiger partial charge in [0, 0.05) is 26.7 Å². The molecule has 2 rings (SSSR count). The smallest absolute Gasteiger partial charge is 0.203 e. The van der Waals surface area contributed by atoms with E-state index < -0.39 is 0 Å². The van der Waals surface area contributed by atoms with Gasteiger partial charge in [0.2, 0.25) is 5.75 Å². The molecule has 1 aromatic rings. The highest BCUT2D eigenvalue weighted by atomic mass is 127. The molecule has 31 heavy (non-hydrogen) atoms. The number of nitrogens with zero attached hydrogens (tertiary/aromatic N) is 2. The van der Waals surface area contributed by atoms with Gasteiger partial charge in [0.1, 0.15) is 0 Å². The summed E-state index contributed by atoms with van der Waals surface area (Å²) in [7, 11) is 6.61. The fourth-order valence-electron chi connectivity index (χ4n) is 3.61. The van der Waals surface area contributed by atoms with Crippen LogP contribution in [0.5, 0.6) is 17.2 Å². The molecule has 2 N–H and O–H groups in total. The lowest BCUT2D eigenvalue weighted by Gasteiger charge is -2.32. The highest BCUT2D eigenvalue weighted by molar-refractivity contribution is 14.0. The Balaban J connectivity index is 0.00000480. The van der Waals surface area contributed by atoms with Gasteiger partial charge in [-0.15, -0.1) is 24.0 Å². The van der Waals surface area contributed by atoms with Gasteiger partial charge in [-0.3, -0.25) is 0 Å². The van der Waals surface area contributed by atoms with E-state index in [-0.39, 0.29) is 24.0 Å². The first-order valence-electron chi connectivity index (χ1n) is 10.7. The molecule has 0 bridgehead atoms. The van der Waals surface area contributed by atoms with Crippen molar-refractivity contribution in [3.05, 3.63) is 17.7 Å². The molecule has 0 amide bonds. The van der Waals surface area contributed by atoms with Crippen molar-refractivity contribution in [1.29, 1.82) is 0 Å². The molecular formula is C22H39IN4O4. The molecule has 0 radical (unpaired) electrons. The van der Waals surface area contributed by atoms with E-state index in [1.807, 2.05) is 12.1 Å². The van der Waals surface area contributed by atoms with Gasteiger partial charge in [-0.1, -0.05) is 0 Å². The Morgan fingerprint density at radius 3 is 2.19 bits per heavy atom. The third-order valence-electron chi connectivity index (χ3n) is 5.37. The molecule has 1 aliphatic heterocycles. The van der Waals surface area contributed by atoms with Crippen LogP contribution in [0.4, 0.5) is 0 Å². The third-order valence-corrected chi connectivity index (χ3v) is 5.37. The normalized spacial score (nSPS) is 15.2. The maximum Gasteiger partial charge on any atom is 0.203 e. The Bertz CT molecular complexity index is 642. The molecule has 0 spiro atoms. The lowest BCUT2D eigenvalue weighted by Crippen LogP contribution is -2.43. The van der Waals surface area contributed by atoms with E-state index >= 15 is 0 Å². The van der Waals surface area contributed by atoms with E-state index in [0.717, 1.165) is 50.9 Å². The van der Waals surface area contributed by atoms with Gasteiger partial charge in [0.05, 0.1) is 34.5 Å². The van der Waals surface area contributed by atoms with Gasteiger partial charge in [-0.2, -0.15) is 0 Å². The second-order valence-electron chi connectivity index (χ2n) is 7.39. The molecule has 0 saturated carbocycles. The summed E-state index contributed by atoms with van der Waals surface area (Å²) < 4.78 is 21.4. The van der Waals surface area contributed by atoms with Crippen molar-refractivity contribution in [1.82, 2.24) is 15.5 Å². The Kier molecular flexibility index (Phi) is 13.7. The van der Waals surface area contributed by atoms with E-state index in [4.69, 9.17) is 23.9 Å². The highest BCUT2D eigenvalue weighted by Gasteiger charge is 2.19. The van der Waals surface area contributed by atoms with Crippen LogP contribution in [0.1, 0.15) is 25.3 Å². The van der Waals surface area contributed by atoms with Crippen LogP contribution in [0.2, 0.25) is 0 Å². The molecule has 8 nitrogen and oxygen atoms in total. The minimum atomic E-state index is 0. The molecule has 1 saturated heterocycles. The average Bonchev–Trinajstić information content (AvgIpc) is 2.79. The fraction of sp³-hybridized carbons (Fsp3) is 0.682. The second-order valence-corrected chi connectivity index (χ2v) is 7.39. The van der Waals surface area contributed by atoms with Crippen molar-refractivity contribution >= 4 is 29.9 Å². The summed E-state index contributed by atoms with van der Waals surface area (Å²) in [6, 6.07) is 3.87. The Hall–Kier alpha value is -1.46. The molecule has 1 aromatic carbocycles. The van der Waals surface area contributed by atoms with Crippen LogP contribution in [-0.2, 0) is 11.3 Å². The molecular weight excluding hydrogens is 511 g/mol. The second kappa shape index (κ2) is 15.4. The molecule has 0 aliphatic carbocycles. The predicted molar refractivity (Wildman–Crippen MR) is 135 cm³/mol. The molecule has 0 unspecified atom stereocenters. The Labute approximate surface area is 204 Å². The van der Waals surface area contributed by atoms with Crippen molar-refractivity contribution in [2.24, 2.45) is 10.9 Å². The number of hydrogen-bond donors (Lipinski definition) is 2. The summed E-state index contributed by atoms with van der Waals surface area (Å²) in [6.45, 7) is 8.43. The number of hydrogen-bond acceptors (Lipinski definition) is 6. The van der Waals surface area contributed by atoms with Crippen LogP contribution in [0.3, 0.4) is 0 Å². The topological polar surface area (TPSA) is 76.6 Å². The molecule has 1 heterocycles. The summed E-state index contributed by atoms with van der Waals surface area (Å²) >= 11 is 0. The lowest BCUT2D eigenvalue weighted by atomic mass is 9.97. The number of nitrogens with one attached hydrogen (secondary N) is 2. The van der Waals surface area contributed by atoms with Crippen molar-refractivity contribution in [3.8, 4) is 17.2 Å².